The summed E-state index contributed by atoms with van der Waals surface area (Å²) in [6, 6.07) is 5.84. The third kappa shape index (κ3) is 4.30. The van der Waals surface area contributed by atoms with Gasteiger partial charge in [0.05, 0.1) is 6.04 Å². The number of carbonyl (C=O) groups is 2. The van der Waals surface area contributed by atoms with Crippen LogP contribution in [0.15, 0.2) is 30.5 Å². The summed E-state index contributed by atoms with van der Waals surface area (Å²) in [5.74, 6) is -1.56. The highest BCUT2D eigenvalue weighted by Gasteiger charge is 2.24. The Labute approximate surface area is 134 Å². The number of para-hydroxylation sites is 1. The molecule has 7 heteroatoms. The van der Waals surface area contributed by atoms with Crippen LogP contribution in [0.3, 0.4) is 0 Å². The van der Waals surface area contributed by atoms with E-state index < -0.39 is 24.0 Å². The van der Waals surface area contributed by atoms with Crippen LogP contribution < -0.4 is 16.8 Å². The summed E-state index contributed by atoms with van der Waals surface area (Å²) in [5, 5.41) is 12.8. The number of nitrogens with two attached hydrogens (primary N) is 2. The first-order valence-electron chi connectivity index (χ1n) is 7.56. The molecule has 0 spiro atoms. The fraction of sp³-hybridized carbons (Fsp3) is 0.375. The number of hydrogen-bond acceptors (Lipinski definition) is 4. The van der Waals surface area contributed by atoms with Crippen LogP contribution in [-0.2, 0) is 16.0 Å². The lowest BCUT2D eigenvalue weighted by Gasteiger charge is -2.17. The third-order valence-electron chi connectivity index (χ3n) is 3.77. The molecule has 1 amide bonds. The number of benzene rings is 1. The number of nitrogens with one attached hydrogen (secondary N) is 2. The lowest BCUT2D eigenvalue weighted by Crippen LogP contribution is -2.49. The van der Waals surface area contributed by atoms with Crippen molar-refractivity contribution in [2.75, 3.05) is 6.54 Å². The predicted molar refractivity (Wildman–Crippen MR) is 87.8 cm³/mol. The van der Waals surface area contributed by atoms with E-state index in [1.165, 1.54) is 0 Å². The molecule has 2 rings (SSSR count). The van der Waals surface area contributed by atoms with E-state index in [1.54, 1.807) is 6.20 Å². The highest BCUT2D eigenvalue weighted by molar-refractivity contribution is 5.88. The number of carbonyl (C=O) groups excluding carboxylic acids is 1. The minimum absolute atomic E-state index is 0.189. The Bertz CT molecular complexity index is 683. The van der Waals surface area contributed by atoms with Crippen molar-refractivity contribution in [2.45, 2.75) is 31.3 Å². The average Bonchev–Trinajstić information content (AvgIpc) is 2.95. The van der Waals surface area contributed by atoms with Crippen LogP contribution in [-0.4, -0.2) is 40.6 Å². The highest BCUT2D eigenvalue weighted by Crippen LogP contribution is 2.19. The number of aliphatic carboxylic acids is 1. The van der Waals surface area contributed by atoms with Gasteiger partial charge in [0.15, 0.2) is 0 Å². The van der Waals surface area contributed by atoms with Gasteiger partial charge in [-0.2, -0.15) is 0 Å². The molecular formula is C16H22N4O3. The van der Waals surface area contributed by atoms with Crippen molar-refractivity contribution >= 4 is 22.8 Å². The number of hydrogen-bond donors (Lipinski definition) is 5. The molecule has 1 heterocycles. The molecule has 7 nitrogen and oxygen atoms in total. The zero-order valence-corrected chi connectivity index (χ0v) is 12.8. The predicted octanol–water partition coefficient (Wildman–Crippen LogP) is 0.346. The van der Waals surface area contributed by atoms with Gasteiger partial charge in [0.25, 0.3) is 0 Å². The van der Waals surface area contributed by atoms with Crippen LogP contribution in [0.5, 0.6) is 0 Å². The SMILES string of the molecule is NCCCC(N)C(=O)NC(Cc1c[nH]c2ccccc12)C(=O)O. The second kappa shape index (κ2) is 7.75. The van der Waals surface area contributed by atoms with Gasteiger partial charge >= 0.3 is 5.97 Å². The number of rotatable bonds is 8. The molecule has 0 aliphatic heterocycles. The van der Waals surface area contributed by atoms with Gasteiger partial charge in [-0.15, -0.1) is 0 Å². The molecule has 1 aromatic carbocycles. The minimum Gasteiger partial charge on any atom is -0.480 e. The van der Waals surface area contributed by atoms with E-state index in [4.69, 9.17) is 11.5 Å². The second-order valence-corrected chi connectivity index (χ2v) is 5.50. The molecule has 0 saturated carbocycles. The first-order chi connectivity index (χ1) is 11.0. The fourth-order valence-corrected chi connectivity index (χ4v) is 2.47. The summed E-state index contributed by atoms with van der Waals surface area (Å²) in [4.78, 5) is 26.5. The van der Waals surface area contributed by atoms with Crippen LogP contribution in [0.25, 0.3) is 10.9 Å². The summed E-state index contributed by atoms with van der Waals surface area (Å²) >= 11 is 0. The Hall–Kier alpha value is -2.38. The number of aromatic nitrogens is 1. The minimum atomic E-state index is -1.09. The Morgan fingerprint density at radius 3 is 2.74 bits per heavy atom. The summed E-state index contributed by atoms with van der Waals surface area (Å²) < 4.78 is 0. The first kappa shape index (κ1) is 17.0. The lowest BCUT2D eigenvalue weighted by molar-refractivity contribution is -0.142. The monoisotopic (exact) mass is 318 g/mol. The Balaban J connectivity index is 2.07. The number of amides is 1. The number of H-pyrrole nitrogens is 1. The van der Waals surface area contributed by atoms with Crippen LogP contribution in [0.4, 0.5) is 0 Å². The van der Waals surface area contributed by atoms with Crippen molar-refractivity contribution in [3.8, 4) is 0 Å². The quantitative estimate of drug-likeness (QED) is 0.478. The van der Waals surface area contributed by atoms with Crippen LogP contribution in [0, 0.1) is 0 Å². The molecule has 23 heavy (non-hydrogen) atoms. The first-order valence-corrected chi connectivity index (χ1v) is 7.56. The zero-order valence-electron chi connectivity index (χ0n) is 12.8. The zero-order chi connectivity index (χ0) is 16.8. The standard InChI is InChI=1S/C16H22N4O3/c17-7-3-5-12(18)15(21)20-14(16(22)23)8-10-9-19-13-6-2-1-4-11(10)13/h1-2,4,6,9,12,14,19H,3,5,7-8,17-18H2,(H,20,21)(H,22,23). The third-order valence-corrected chi connectivity index (χ3v) is 3.77. The summed E-state index contributed by atoms with van der Waals surface area (Å²) in [6.07, 6.45) is 3.01. The van der Waals surface area contributed by atoms with Crippen molar-refractivity contribution in [3.05, 3.63) is 36.0 Å². The molecule has 0 fully saturated rings. The van der Waals surface area contributed by atoms with E-state index in [-0.39, 0.29) is 6.42 Å². The molecule has 2 atom stereocenters. The molecule has 0 bridgehead atoms. The maximum Gasteiger partial charge on any atom is 0.326 e. The van der Waals surface area contributed by atoms with E-state index in [0.29, 0.717) is 19.4 Å². The fourth-order valence-electron chi connectivity index (χ4n) is 2.47. The molecule has 0 aliphatic rings. The number of carboxylic acid groups (broad SMARTS) is 1. The van der Waals surface area contributed by atoms with Gasteiger partial charge in [-0.05, 0) is 31.0 Å². The molecule has 1 aromatic heterocycles. The summed E-state index contributed by atoms with van der Waals surface area (Å²) in [5.41, 5.74) is 12.9. The number of aromatic amines is 1. The van der Waals surface area contributed by atoms with E-state index in [2.05, 4.69) is 10.3 Å². The molecule has 7 N–H and O–H groups in total. The van der Waals surface area contributed by atoms with Gasteiger partial charge < -0.3 is 26.9 Å². The number of fused-ring (bicyclic) bond motifs is 1. The highest BCUT2D eigenvalue weighted by atomic mass is 16.4. The summed E-state index contributed by atoms with van der Waals surface area (Å²) in [7, 11) is 0. The van der Waals surface area contributed by atoms with Gasteiger partial charge in [0.2, 0.25) is 5.91 Å². The average molecular weight is 318 g/mol. The maximum absolute atomic E-state index is 12.0. The normalized spacial score (nSPS) is 13.7. The van der Waals surface area contributed by atoms with Crippen molar-refractivity contribution in [1.82, 2.24) is 10.3 Å². The van der Waals surface area contributed by atoms with Gasteiger partial charge in [-0.1, -0.05) is 18.2 Å². The molecule has 0 saturated heterocycles. The van der Waals surface area contributed by atoms with Crippen molar-refractivity contribution in [1.29, 1.82) is 0 Å². The molecule has 0 aliphatic carbocycles. The smallest absolute Gasteiger partial charge is 0.326 e. The maximum atomic E-state index is 12.0. The van der Waals surface area contributed by atoms with E-state index in [1.807, 2.05) is 24.3 Å². The lowest BCUT2D eigenvalue weighted by atomic mass is 10.0. The van der Waals surface area contributed by atoms with E-state index in [0.717, 1.165) is 16.5 Å². The Morgan fingerprint density at radius 1 is 1.30 bits per heavy atom. The topological polar surface area (TPSA) is 134 Å². The van der Waals surface area contributed by atoms with E-state index >= 15 is 0 Å². The van der Waals surface area contributed by atoms with Gasteiger partial charge in [0, 0.05) is 23.5 Å². The van der Waals surface area contributed by atoms with Crippen LogP contribution in [0.2, 0.25) is 0 Å². The van der Waals surface area contributed by atoms with Gasteiger partial charge in [-0.3, -0.25) is 4.79 Å². The molecule has 2 unspecified atom stereocenters. The Morgan fingerprint density at radius 2 is 2.04 bits per heavy atom. The second-order valence-electron chi connectivity index (χ2n) is 5.50. The van der Waals surface area contributed by atoms with Crippen molar-refractivity contribution in [2.24, 2.45) is 11.5 Å². The van der Waals surface area contributed by atoms with Crippen LogP contribution >= 0.6 is 0 Å². The molecule has 124 valence electrons. The van der Waals surface area contributed by atoms with E-state index in [9.17, 15) is 14.7 Å². The van der Waals surface area contributed by atoms with Gasteiger partial charge in [0.1, 0.15) is 6.04 Å². The van der Waals surface area contributed by atoms with Crippen molar-refractivity contribution in [3.63, 3.8) is 0 Å². The molecule has 0 radical (unpaired) electrons. The summed E-state index contributed by atoms with van der Waals surface area (Å²) in [6.45, 7) is 0.443. The number of carboxylic acids is 1. The molecular weight excluding hydrogens is 296 g/mol. The Kier molecular flexibility index (Phi) is 5.72. The van der Waals surface area contributed by atoms with Gasteiger partial charge in [-0.25, -0.2) is 4.79 Å². The largest absolute Gasteiger partial charge is 0.480 e. The molecule has 2 aromatic rings. The van der Waals surface area contributed by atoms with Crippen molar-refractivity contribution < 1.29 is 14.7 Å². The van der Waals surface area contributed by atoms with Crippen LogP contribution in [0.1, 0.15) is 18.4 Å².